The van der Waals surface area contributed by atoms with Crippen LogP contribution in [0.2, 0.25) is 0 Å². The van der Waals surface area contributed by atoms with Crippen LogP contribution in [0, 0.1) is 11.3 Å². The number of likely N-dealkylation sites (tertiary alicyclic amines) is 1. The Morgan fingerprint density at radius 1 is 1.60 bits per heavy atom. The van der Waals surface area contributed by atoms with E-state index in [4.69, 9.17) is 5.26 Å². The van der Waals surface area contributed by atoms with Crippen LogP contribution >= 0.6 is 0 Å². The molecule has 1 atom stereocenters. The lowest BCUT2D eigenvalue weighted by molar-refractivity contribution is -0.123. The van der Waals surface area contributed by atoms with Crippen LogP contribution in [0.3, 0.4) is 0 Å². The van der Waals surface area contributed by atoms with Gasteiger partial charge in [-0.25, -0.2) is 0 Å². The molecule has 84 valence electrons. The van der Waals surface area contributed by atoms with Crippen LogP contribution in [-0.4, -0.2) is 35.5 Å². The van der Waals surface area contributed by atoms with Crippen molar-refractivity contribution in [2.45, 2.75) is 45.2 Å². The van der Waals surface area contributed by atoms with Crippen LogP contribution in [-0.2, 0) is 4.79 Å². The smallest absolute Gasteiger partial charge is 0.234 e. The number of carbonyl (C=O) groups is 1. The first-order chi connectivity index (χ1) is 6.92. The van der Waals surface area contributed by atoms with Gasteiger partial charge >= 0.3 is 0 Å². The van der Waals surface area contributed by atoms with Crippen LogP contribution < -0.4 is 5.32 Å². The van der Waals surface area contributed by atoms with E-state index in [0.717, 1.165) is 19.4 Å². The van der Waals surface area contributed by atoms with Gasteiger partial charge in [0.05, 0.1) is 18.7 Å². The highest BCUT2D eigenvalue weighted by Crippen LogP contribution is 2.15. The summed E-state index contributed by atoms with van der Waals surface area (Å²) in [6.07, 6.45) is 1.90. The molecule has 1 aliphatic rings. The first kappa shape index (κ1) is 12.0. The average molecular weight is 209 g/mol. The van der Waals surface area contributed by atoms with E-state index in [9.17, 15) is 4.79 Å². The van der Waals surface area contributed by atoms with Crippen molar-refractivity contribution >= 4 is 5.91 Å². The van der Waals surface area contributed by atoms with Gasteiger partial charge in [-0.05, 0) is 33.6 Å². The van der Waals surface area contributed by atoms with Crippen molar-refractivity contribution in [3.63, 3.8) is 0 Å². The monoisotopic (exact) mass is 209 g/mol. The fourth-order valence-electron chi connectivity index (χ4n) is 1.80. The van der Waals surface area contributed by atoms with Crippen LogP contribution in [0.15, 0.2) is 0 Å². The van der Waals surface area contributed by atoms with Gasteiger partial charge in [-0.1, -0.05) is 0 Å². The standard InChI is InChI=1S/C11H19N3O/c1-11(2,3)13-10(15)8-14-6-4-5-9(14)7-12/h9H,4-6,8H2,1-3H3,(H,13,15). The second-order valence-electron chi connectivity index (χ2n) is 5.06. The molecule has 1 N–H and O–H groups in total. The summed E-state index contributed by atoms with van der Waals surface area (Å²) in [7, 11) is 0. The van der Waals surface area contributed by atoms with Gasteiger partial charge in [0.1, 0.15) is 0 Å². The van der Waals surface area contributed by atoms with Crippen molar-refractivity contribution in [3.8, 4) is 6.07 Å². The van der Waals surface area contributed by atoms with E-state index in [2.05, 4.69) is 11.4 Å². The molecule has 1 aliphatic heterocycles. The summed E-state index contributed by atoms with van der Waals surface area (Å²) in [4.78, 5) is 13.6. The molecular weight excluding hydrogens is 190 g/mol. The minimum absolute atomic E-state index is 0.00431. The number of hydrogen-bond acceptors (Lipinski definition) is 3. The molecule has 0 aromatic rings. The Morgan fingerprint density at radius 3 is 2.80 bits per heavy atom. The maximum atomic E-state index is 11.6. The first-order valence-electron chi connectivity index (χ1n) is 5.37. The highest BCUT2D eigenvalue weighted by molar-refractivity contribution is 5.78. The van der Waals surface area contributed by atoms with Gasteiger partial charge in [0.15, 0.2) is 0 Å². The predicted octanol–water partition coefficient (Wildman–Crippen LogP) is 0.889. The fourth-order valence-corrected chi connectivity index (χ4v) is 1.80. The minimum Gasteiger partial charge on any atom is -0.350 e. The lowest BCUT2D eigenvalue weighted by Gasteiger charge is -2.24. The second kappa shape index (κ2) is 4.63. The molecule has 0 aliphatic carbocycles. The Kier molecular flexibility index (Phi) is 3.70. The van der Waals surface area contributed by atoms with E-state index in [0.29, 0.717) is 6.54 Å². The highest BCUT2D eigenvalue weighted by atomic mass is 16.2. The quantitative estimate of drug-likeness (QED) is 0.734. The summed E-state index contributed by atoms with van der Waals surface area (Å²) in [6.45, 7) is 7.06. The van der Waals surface area contributed by atoms with Gasteiger partial charge in [0.25, 0.3) is 0 Å². The molecule has 4 nitrogen and oxygen atoms in total. The molecule has 0 radical (unpaired) electrons. The third-order valence-electron chi connectivity index (χ3n) is 2.37. The number of amides is 1. The number of nitriles is 1. The zero-order valence-electron chi connectivity index (χ0n) is 9.71. The first-order valence-corrected chi connectivity index (χ1v) is 5.37. The van der Waals surface area contributed by atoms with Crippen molar-refractivity contribution in [1.82, 2.24) is 10.2 Å². The molecule has 0 bridgehead atoms. The van der Waals surface area contributed by atoms with Crippen molar-refractivity contribution in [2.24, 2.45) is 0 Å². The van der Waals surface area contributed by atoms with E-state index in [1.165, 1.54) is 0 Å². The van der Waals surface area contributed by atoms with E-state index in [1.54, 1.807) is 0 Å². The predicted molar refractivity (Wildman–Crippen MR) is 58.1 cm³/mol. The number of rotatable bonds is 2. The summed E-state index contributed by atoms with van der Waals surface area (Å²) < 4.78 is 0. The Balaban J connectivity index is 2.42. The average Bonchev–Trinajstić information content (AvgIpc) is 2.48. The number of carbonyl (C=O) groups excluding carboxylic acids is 1. The molecule has 1 heterocycles. The van der Waals surface area contributed by atoms with Crippen molar-refractivity contribution in [1.29, 1.82) is 5.26 Å². The summed E-state index contributed by atoms with van der Waals surface area (Å²) in [6, 6.07) is 2.15. The molecule has 15 heavy (non-hydrogen) atoms. The summed E-state index contributed by atoms with van der Waals surface area (Å²) >= 11 is 0. The number of nitrogens with one attached hydrogen (secondary N) is 1. The lowest BCUT2D eigenvalue weighted by Crippen LogP contribution is -2.46. The Labute approximate surface area is 91.2 Å². The van der Waals surface area contributed by atoms with Crippen LogP contribution in [0.1, 0.15) is 33.6 Å². The van der Waals surface area contributed by atoms with E-state index >= 15 is 0 Å². The molecule has 0 aromatic heterocycles. The Morgan fingerprint density at radius 2 is 2.27 bits per heavy atom. The third kappa shape index (κ3) is 3.88. The molecule has 1 rings (SSSR count). The zero-order chi connectivity index (χ0) is 11.5. The lowest BCUT2D eigenvalue weighted by atomic mass is 10.1. The molecular formula is C11H19N3O. The maximum Gasteiger partial charge on any atom is 0.234 e. The number of nitrogens with zero attached hydrogens (tertiary/aromatic N) is 2. The van der Waals surface area contributed by atoms with Gasteiger partial charge in [-0.15, -0.1) is 0 Å². The Bertz CT molecular complexity index is 275. The molecule has 1 saturated heterocycles. The van der Waals surface area contributed by atoms with Gasteiger partial charge in [0, 0.05) is 12.1 Å². The van der Waals surface area contributed by atoms with Crippen LogP contribution in [0.25, 0.3) is 0 Å². The molecule has 1 amide bonds. The summed E-state index contributed by atoms with van der Waals surface area (Å²) in [5, 5.41) is 11.8. The normalized spacial score (nSPS) is 22.4. The number of hydrogen-bond donors (Lipinski definition) is 1. The molecule has 0 aromatic carbocycles. The molecule has 0 spiro atoms. The highest BCUT2D eigenvalue weighted by Gasteiger charge is 2.26. The summed E-state index contributed by atoms with van der Waals surface area (Å²) in [5.41, 5.74) is -0.195. The third-order valence-corrected chi connectivity index (χ3v) is 2.37. The molecule has 1 fully saturated rings. The van der Waals surface area contributed by atoms with Gasteiger partial charge in [-0.3, -0.25) is 9.69 Å². The van der Waals surface area contributed by atoms with Crippen LogP contribution in [0.5, 0.6) is 0 Å². The molecule has 1 unspecified atom stereocenters. The van der Waals surface area contributed by atoms with E-state index < -0.39 is 0 Å². The second-order valence-corrected chi connectivity index (χ2v) is 5.06. The van der Waals surface area contributed by atoms with E-state index in [-0.39, 0.29) is 17.5 Å². The molecule has 0 saturated carbocycles. The zero-order valence-corrected chi connectivity index (χ0v) is 9.71. The van der Waals surface area contributed by atoms with Gasteiger partial charge in [0.2, 0.25) is 5.91 Å². The maximum absolute atomic E-state index is 11.6. The van der Waals surface area contributed by atoms with Gasteiger partial charge < -0.3 is 5.32 Å². The fraction of sp³-hybridized carbons (Fsp3) is 0.818. The van der Waals surface area contributed by atoms with Crippen LogP contribution in [0.4, 0.5) is 0 Å². The van der Waals surface area contributed by atoms with Crippen molar-refractivity contribution in [3.05, 3.63) is 0 Å². The largest absolute Gasteiger partial charge is 0.350 e. The molecule has 4 heteroatoms. The van der Waals surface area contributed by atoms with Gasteiger partial charge in [-0.2, -0.15) is 5.26 Å². The van der Waals surface area contributed by atoms with Crippen molar-refractivity contribution < 1.29 is 4.79 Å². The SMILES string of the molecule is CC(C)(C)NC(=O)CN1CCCC1C#N. The van der Waals surface area contributed by atoms with Crippen molar-refractivity contribution in [2.75, 3.05) is 13.1 Å². The topological polar surface area (TPSA) is 56.1 Å². The van der Waals surface area contributed by atoms with E-state index in [1.807, 2.05) is 25.7 Å². The Hall–Kier alpha value is -1.08. The minimum atomic E-state index is -0.195. The summed E-state index contributed by atoms with van der Waals surface area (Å²) in [5.74, 6) is 0.00431.